The molecule has 2 aromatic carbocycles. The van der Waals surface area contributed by atoms with Crippen LogP contribution in [-0.2, 0) is 0 Å². The van der Waals surface area contributed by atoms with Crippen molar-refractivity contribution in [1.82, 2.24) is 0 Å². The van der Waals surface area contributed by atoms with Crippen LogP contribution in [0.4, 0.5) is 15.8 Å². The van der Waals surface area contributed by atoms with Crippen molar-refractivity contribution in [1.29, 1.82) is 0 Å². The molecule has 6 heteroatoms. The van der Waals surface area contributed by atoms with Gasteiger partial charge in [0.15, 0.2) is 0 Å². The minimum absolute atomic E-state index is 0.342. The fourth-order valence-electron chi connectivity index (χ4n) is 1.70. The first-order valence-corrected chi connectivity index (χ1v) is 7.29. The minimum atomic E-state index is -0.345. The number of rotatable bonds is 2. The summed E-state index contributed by atoms with van der Waals surface area (Å²) in [5.41, 5.74) is 7.57. The molecule has 0 fully saturated rings. The van der Waals surface area contributed by atoms with Crippen molar-refractivity contribution in [3.05, 3.63) is 56.2 Å². The Morgan fingerprint density at radius 3 is 2.55 bits per heavy atom. The molecule has 2 rings (SSSR count). The fourth-order valence-corrected chi connectivity index (χ4v) is 3.05. The molecule has 3 N–H and O–H groups in total. The van der Waals surface area contributed by atoms with Crippen LogP contribution in [0.25, 0.3) is 0 Å². The number of halogens is 3. The van der Waals surface area contributed by atoms with Gasteiger partial charge in [0.1, 0.15) is 5.82 Å². The van der Waals surface area contributed by atoms with Crippen LogP contribution in [0.5, 0.6) is 0 Å². The number of amides is 1. The van der Waals surface area contributed by atoms with E-state index >= 15 is 0 Å². The summed E-state index contributed by atoms with van der Waals surface area (Å²) in [6.45, 7) is 1.61. The second-order valence-corrected chi connectivity index (χ2v) is 6.04. The smallest absolute Gasteiger partial charge is 0.255 e. The highest BCUT2D eigenvalue weighted by Crippen LogP contribution is 2.32. The van der Waals surface area contributed by atoms with Crippen molar-refractivity contribution in [2.45, 2.75) is 6.92 Å². The predicted molar refractivity (Wildman–Crippen MR) is 85.3 cm³/mol. The summed E-state index contributed by atoms with van der Waals surface area (Å²) in [5.74, 6) is -0.686. The molecule has 0 aliphatic rings. The highest BCUT2D eigenvalue weighted by atomic mass is 79.9. The number of aryl methyl sites for hydroxylation is 1. The third-order valence-electron chi connectivity index (χ3n) is 2.74. The zero-order valence-electron chi connectivity index (χ0n) is 10.5. The molecule has 0 aliphatic carbocycles. The minimum Gasteiger partial charge on any atom is -0.397 e. The van der Waals surface area contributed by atoms with Crippen LogP contribution in [0, 0.1) is 12.7 Å². The maximum absolute atomic E-state index is 13.2. The Hall–Kier alpha value is -1.40. The summed E-state index contributed by atoms with van der Waals surface area (Å²) in [4.78, 5) is 12.1. The molecular weight excluding hydrogens is 391 g/mol. The van der Waals surface area contributed by atoms with E-state index < -0.39 is 0 Å². The molecule has 20 heavy (non-hydrogen) atoms. The molecule has 0 spiro atoms. The second-order valence-electron chi connectivity index (χ2n) is 4.27. The summed E-state index contributed by atoms with van der Waals surface area (Å²) < 4.78 is 14.7. The number of benzene rings is 2. The summed E-state index contributed by atoms with van der Waals surface area (Å²) >= 11 is 6.65. The molecule has 0 aromatic heterocycles. The fraction of sp³-hybridized carbons (Fsp3) is 0.0714. The molecule has 0 unspecified atom stereocenters. The van der Waals surface area contributed by atoms with Crippen molar-refractivity contribution < 1.29 is 9.18 Å². The number of hydrogen-bond acceptors (Lipinski definition) is 2. The molecule has 0 atom stereocenters. The lowest BCUT2D eigenvalue weighted by Crippen LogP contribution is -2.14. The quantitative estimate of drug-likeness (QED) is 0.728. The van der Waals surface area contributed by atoms with Crippen LogP contribution in [0.1, 0.15) is 15.9 Å². The van der Waals surface area contributed by atoms with Gasteiger partial charge in [0.25, 0.3) is 5.91 Å². The lowest BCUT2D eigenvalue weighted by molar-refractivity contribution is 0.102. The molecule has 2 aromatic rings. The van der Waals surface area contributed by atoms with E-state index in [1.807, 2.05) is 0 Å². The number of anilines is 2. The van der Waals surface area contributed by atoms with Crippen LogP contribution in [0.2, 0.25) is 0 Å². The Kier molecular flexibility index (Phi) is 4.45. The number of nitrogens with one attached hydrogen (secondary N) is 1. The van der Waals surface area contributed by atoms with E-state index in [1.54, 1.807) is 19.1 Å². The van der Waals surface area contributed by atoms with Crippen molar-refractivity contribution in [2.24, 2.45) is 0 Å². The number of hydrogen-bond donors (Lipinski definition) is 2. The number of nitrogens with two attached hydrogens (primary N) is 1. The summed E-state index contributed by atoms with van der Waals surface area (Å²) in [5, 5.41) is 2.71. The van der Waals surface area contributed by atoms with Crippen molar-refractivity contribution >= 4 is 49.1 Å². The molecule has 0 saturated heterocycles. The molecule has 3 nitrogen and oxygen atoms in total. The van der Waals surface area contributed by atoms with Gasteiger partial charge in [0.2, 0.25) is 0 Å². The Morgan fingerprint density at radius 1 is 1.25 bits per heavy atom. The normalized spacial score (nSPS) is 10.4. The SMILES string of the molecule is Cc1cc(C(=O)Nc2c(N)cc(Br)cc2Br)ccc1F. The summed E-state index contributed by atoms with van der Waals surface area (Å²) in [7, 11) is 0. The highest BCUT2D eigenvalue weighted by molar-refractivity contribution is 9.11. The Balaban J connectivity index is 2.30. The van der Waals surface area contributed by atoms with Crippen LogP contribution in [-0.4, -0.2) is 5.91 Å². The maximum atomic E-state index is 13.2. The van der Waals surface area contributed by atoms with E-state index in [9.17, 15) is 9.18 Å². The molecule has 0 aliphatic heterocycles. The molecular formula is C14H11Br2FN2O. The van der Waals surface area contributed by atoms with Crippen LogP contribution in [0.15, 0.2) is 39.3 Å². The summed E-state index contributed by atoms with van der Waals surface area (Å²) in [6, 6.07) is 7.66. The van der Waals surface area contributed by atoms with Gasteiger partial charge in [-0.1, -0.05) is 15.9 Å². The largest absolute Gasteiger partial charge is 0.397 e. The van der Waals surface area contributed by atoms with Gasteiger partial charge in [-0.25, -0.2) is 4.39 Å². The van der Waals surface area contributed by atoms with Gasteiger partial charge in [0, 0.05) is 14.5 Å². The Bertz CT molecular complexity index is 666. The molecule has 0 bridgehead atoms. The van der Waals surface area contributed by atoms with E-state index in [4.69, 9.17) is 5.73 Å². The van der Waals surface area contributed by atoms with Gasteiger partial charge >= 0.3 is 0 Å². The van der Waals surface area contributed by atoms with Crippen molar-refractivity contribution in [2.75, 3.05) is 11.1 Å². The highest BCUT2D eigenvalue weighted by Gasteiger charge is 2.12. The van der Waals surface area contributed by atoms with Crippen molar-refractivity contribution in [3.8, 4) is 0 Å². The molecule has 0 radical (unpaired) electrons. The zero-order valence-corrected chi connectivity index (χ0v) is 13.7. The standard InChI is InChI=1S/C14H11Br2FN2O/c1-7-4-8(2-3-11(7)17)14(20)19-13-10(16)5-9(15)6-12(13)18/h2-6H,18H2,1H3,(H,19,20). The van der Waals surface area contributed by atoms with E-state index in [1.165, 1.54) is 18.2 Å². The molecule has 0 heterocycles. The van der Waals surface area contributed by atoms with Gasteiger partial charge in [-0.3, -0.25) is 4.79 Å². The molecule has 0 saturated carbocycles. The third-order valence-corrected chi connectivity index (χ3v) is 3.83. The van der Waals surface area contributed by atoms with Gasteiger partial charge in [-0.2, -0.15) is 0 Å². The van der Waals surface area contributed by atoms with Gasteiger partial charge in [-0.05, 0) is 58.7 Å². The van der Waals surface area contributed by atoms with Gasteiger partial charge < -0.3 is 11.1 Å². The lowest BCUT2D eigenvalue weighted by Gasteiger charge is -2.11. The van der Waals surface area contributed by atoms with Gasteiger partial charge in [-0.15, -0.1) is 0 Å². The molecule has 1 amide bonds. The first kappa shape index (κ1) is 15.0. The van der Waals surface area contributed by atoms with Crippen LogP contribution < -0.4 is 11.1 Å². The Labute approximate surface area is 132 Å². The van der Waals surface area contributed by atoms with Crippen molar-refractivity contribution in [3.63, 3.8) is 0 Å². The third kappa shape index (κ3) is 3.19. The van der Waals surface area contributed by atoms with E-state index in [0.717, 1.165) is 4.47 Å². The van der Waals surface area contributed by atoms with Gasteiger partial charge in [0.05, 0.1) is 11.4 Å². The first-order chi connectivity index (χ1) is 9.38. The zero-order chi connectivity index (χ0) is 14.9. The van der Waals surface area contributed by atoms with E-state index in [0.29, 0.717) is 27.0 Å². The van der Waals surface area contributed by atoms with Crippen LogP contribution in [0.3, 0.4) is 0 Å². The average Bonchev–Trinajstić information content (AvgIpc) is 2.36. The Morgan fingerprint density at radius 2 is 1.95 bits per heavy atom. The monoisotopic (exact) mass is 400 g/mol. The first-order valence-electron chi connectivity index (χ1n) is 5.70. The number of carbonyl (C=O) groups excluding carboxylic acids is 1. The van der Waals surface area contributed by atoms with E-state index in [-0.39, 0.29) is 11.7 Å². The lowest BCUT2D eigenvalue weighted by atomic mass is 10.1. The maximum Gasteiger partial charge on any atom is 0.255 e. The molecule has 104 valence electrons. The average molecular weight is 402 g/mol. The number of nitrogen functional groups attached to an aromatic ring is 1. The van der Waals surface area contributed by atoms with E-state index in [2.05, 4.69) is 37.2 Å². The predicted octanol–water partition coefficient (Wildman–Crippen LogP) is 4.49. The van der Waals surface area contributed by atoms with Crippen LogP contribution >= 0.6 is 31.9 Å². The summed E-state index contributed by atoms with van der Waals surface area (Å²) in [6.07, 6.45) is 0. The second kappa shape index (κ2) is 5.93. The topological polar surface area (TPSA) is 55.1 Å². The number of carbonyl (C=O) groups is 1.